The van der Waals surface area contributed by atoms with Crippen molar-refractivity contribution in [3.63, 3.8) is 0 Å². The number of ether oxygens (including phenoxy) is 1. The van der Waals surface area contributed by atoms with Crippen LogP contribution in [-0.4, -0.2) is 37.1 Å². The molecule has 0 aliphatic heterocycles. The van der Waals surface area contributed by atoms with Gasteiger partial charge in [-0.1, -0.05) is 40.5 Å². The largest absolute Gasteiger partial charge is 0.464 e. The van der Waals surface area contributed by atoms with E-state index in [0.717, 1.165) is 19.6 Å². The second kappa shape index (κ2) is 8.57. The average Bonchev–Trinajstić information content (AvgIpc) is 2.88. The number of likely N-dealkylation sites (N-methyl/N-ethyl adjacent to an activating group) is 1. The maximum absolute atomic E-state index is 12.3. The normalized spacial score (nSPS) is 18.2. The Morgan fingerprint density at radius 3 is 2.26 bits per heavy atom. The van der Waals surface area contributed by atoms with Crippen molar-refractivity contribution in [2.45, 2.75) is 53.4 Å². The second-order valence-corrected chi connectivity index (χ2v) is 6.01. The van der Waals surface area contributed by atoms with Gasteiger partial charge in [0.05, 0.1) is 5.92 Å². The van der Waals surface area contributed by atoms with Gasteiger partial charge in [-0.05, 0) is 37.8 Å². The molecule has 0 amide bonds. The Morgan fingerprint density at radius 1 is 1.21 bits per heavy atom. The van der Waals surface area contributed by atoms with Crippen LogP contribution in [0.1, 0.15) is 53.4 Å². The van der Waals surface area contributed by atoms with Gasteiger partial charge in [-0.3, -0.25) is 4.79 Å². The van der Waals surface area contributed by atoms with Crippen LogP contribution in [-0.2, 0) is 9.53 Å². The molecule has 0 saturated heterocycles. The number of carbonyl (C=O) groups is 1. The summed E-state index contributed by atoms with van der Waals surface area (Å²) < 4.78 is 5.53. The Hall–Kier alpha value is -0.570. The molecule has 0 radical (unpaired) electrons. The number of nitrogens with zero attached hydrogens (tertiary/aromatic N) is 1. The first-order valence-electron chi connectivity index (χ1n) is 7.99. The lowest BCUT2D eigenvalue weighted by Crippen LogP contribution is -2.32. The fourth-order valence-electron chi connectivity index (χ4n) is 3.24. The minimum Gasteiger partial charge on any atom is -0.464 e. The van der Waals surface area contributed by atoms with Gasteiger partial charge < -0.3 is 9.64 Å². The van der Waals surface area contributed by atoms with Crippen LogP contribution in [0.2, 0.25) is 0 Å². The van der Waals surface area contributed by atoms with Gasteiger partial charge in [0.2, 0.25) is 0 Å². The van der Waals surface area contributed by atoms with Crippen LogP contribution < -0.4 is 0 Å². The molecule has 1 unspecified atom stereocenters. The standard InChI is InChI=1S/C16H31NO2/c1-5-17(6-2)11-12-19-16(18)15(13(3)4)14-9-7-8-10-14/h13-15H,5-12H2,1-4H3. The van der Waals surface area contributed by atoms with Gasteiger partial charge in [-0.15, -0.1) is 0 Å². The summed E-state index contributed by atoms with van der Waals surface area (Å²) in [6.07, 6.45) is 4.96. The second-order valence-electron chi connectivity index (χ2n) is 6.01. The SMILES string of the molecule is CCN(CC)CCOC(=O)C(C(C)C)C1CCCC1. The van der Waals surface area contributed by atoms with Crippen molar-refractivity contribution < 1.29 is 9.53 Å². The first-order chi connectivity index (χ1) is 9.10. The van der Waals surface area contributed by atoms with Crippen LogP contribution in [0.4, 0.5) is 0 Å². The number of hydrogen-bond acceptors (Lipinski definition) is 3. The Labute approximate surface area is 118 Å². The average molecular weight is 269 g/mol. The van der Waals surface area contributed by atoms with E-state index in [9.17, 15) is 4.79 Å². The molecule has 1 saturated carbocycles. The van der Waals surface area contributed by atoms with Crippen LogP contribution in [0.25, 0.3) is 0 Å². The van der Waals surface area contributed by atoms with Crippen molar-refractivity contribution in [1.29, 1.82) is 0 Å². The van der Waals surface area contributed by atoms with E-state index in [0.29, 0.717) is 18.4 Å². The molecule has 0 N–H and O–H groups in total. The van der Waals surface area contributed by atoms with Gasteiger partial charge in [-0.2, -0.15) is 0 Å². The third-order valence-electron chi connectivity index (χ3n) is 4.44. The highest BCUT2D eigenvalue weighted by molar-refractivity contribution is 5.73. The fourth-order valence-corrected chi connectivity index (χ4v) is 3.24. The van der Waals surface area contributed by atoms with Crippen molar-refractivity contribution >= 4 is 5.97 Å². The molecule has 1 atom stereocenters. The molecule has 0 heterocycles. The van der Waals surface area contributed by atoms with Crippen LogP contribution in [0.15, 0.2) is 0 Å². The van der Waals surface area contributed by atoms with Crippen molar-refractivity contribution in [2.24, 2.45) is 17.8 Å². The zero-order chi connectivity index (χ0) is 14.3. The molecule has 1 aliphatic carbocycles. The third-order valence-corrected chi connectivity index (χ3v) is 4.44. The van der Waals surface area contributed by atoms with E-state index < -0.39 is 0 Å². The molecule has 0 aromatic heterocycles. The third kappa shape index (κ3) is 5.13. The summed E-state index contributed by atoms with van der Waals surface area (Å²) in [7, 11) is 0. The number of esters is 1. The molecule has 0 aromatic carbocycles. The van der Waals surface area contributed by atoms with Crippen molar-refractivity contribution in [2.75, 3.05) is 26.2 Å². The first kappa shape index (κ1) is 16.5. The molecule has 112 valence electrons. The highest BCUT2D eigenvalue weighted by Gasteiger charge is 2.33. The molecule has 1 fully saturated rings. The van der Waals surface area contributed by atoms with E-state index in [1.54, 1.807) is 0 Å². The van der Waals surface area contributed by atoms with Gasteiger partial charge in [0.25, 0.3) is 0 Å². The Kier molecular flexibility index (Phi) is 7.44. The molecule has 3 heteroatoms. The molecule has 1 rings (SSSR count). The summed E-state index contributed by atoms with van der Waals surface area (Å²) in [5, 5.41) is 0. The van der Waals surface area contributed by atoms with E-state index in [-0.39, 0.29) is 11.9 Å². The van der Waals surface area contributed by atoms with Gasteiger partial charge in [0.1, 0.15) is 6.61 Å². The Bertz CT molecular complexity index is 255. The van der Waals surface area contributed by atoms with Gasteiger partial charge >= 0.3 is 5.97 Å². The van der Waals surface area contributed by atoms with Gasteiger partial charge in [-0.25, -0.2) is 0 Å². The van der Waals surface area contributed by atoms with Crippen molar-refractivity contribution in [3.8, 4) is 0 Å². The topological polar surface area (TPSA) is 29.5 Å². The summed E-state index contributed by atoms with van der Waals surface area (Å²) in [4.78, 5) is 14.6. The lowest BCUT2D eigenvalue weighted by Gasteiger charge is -2.26. The summed E-state index contributed by atoms with van der Waals surface area (Å²) in [5.41, 5.74) is 0. The van der Waals surface area contributed by atoms with E-state index in [2.05, 4.69) is 32.6 Å². The van der Waals surface area contributed by atoms with E-state index in [1.165, 1.54) is 25.7 Å². The molecule has 1 aliphatic rings. The van der Waals surface area contributed by atoms with Crippen LogP contribution >= 0.6 is 0 Å². The molecule has 0 bridgehead atoms. The van der Waals surface area contributed by atoms with Crippen LogP contribution in [0.5, 0.6) is 0 Å². The predicted molar refractivity (Wildman–Crippen MR) is 79.0 cm³/mol. The molecule has 19 heavy (non-hydrogen) atoms. The minimum atomic E-state index is 0.0362. The minimum absolute atomic E-state index is 0.0362. The molecule has 3 nitrogen and oxygen atoms in total. The van der Waals surface area contributed by atoms with Crippen LogP contribution in [0.3, 0.4) is 0 Å². The lowest BCUT2D eigenvalue weighted by atomic mass is 9.82. The van der Waals surface area contributed by atoms with Crippen molar-refractivity contribution in [3.05, 3.63) is 0 Å². The molecule has 0 spiro atoms. The zero-order valence-electron chi connectivity index (χ0n) is 13.2. The number of rotatable bonds is 8. The summed E-state index contributed by atoms with van der Waals surface area (Å²) in [6, 6.07) is 0. The monoisotopic (exact) mass is 269 g/mol. The highest BCUT2D eigenvalue weighted by Crippen LogP contribution is 2.35. The maximum atomic E-state index is 12.3. The van der Waals surface area contributed by atoms with E-state index in [1.807, 2.05) is 0 Å². The highest BCUT2D eigenvalue weighted by atomic mass is 16.5. The number of carbonyl (C=O) groups excluding carboxylic acids is 1. The van der Waals surface area contributed by atoms with E-state index in [4.69, 9.17) is 4.74 Å². The fraction of sp³-hybridized carbons (Fsp3) is 0.938. The lowest BCUT2D eigenvalue weighted by molar-refractivity contribution is -0.152. The predicted octanol–water partition coefficient (Wildman–Crippen LogP) is 3.33. The summed E-state index contributed by atoms with van der Waals surface area (Å²) >= 11 is 0. The Morgan fingerprint density at radius 2 is 1.79 bits per heavy atom. The van der Waals surface area contributed by atoms with Crippen LogP contribution in [0, 0.1) is 17.8 Å². The first-order valence-corrected chi connectivity index (χ1v) is 7.99. The van der Waals surface area contributed by atoms with Crippen molar-refractivity contribution in [1.82, 2.24) is 4.90 Å². The smallest absolute Gasteiger partial charge is 0.309 e. The quantitative estimate of drug-likeness (QED) is 0.633. The molecular weight excluding hydrogens is 238 g/mol. The summed E-state index contributed by atoms with van der Waals surface area (Å²) in [5.74, 6) is 1.10. The van der Waals surface area contributed by atoms with Gasteiger partial charge in [0, 0.05) is 6.54 Å². The van der Waals surface area contributed by atoms with E-state index >= 15 is 0 Å². The Balaban J connectivity index is 2.40. The number of hydrogen-bond donors (Lipinski definition) is 0. The maximum Gasteiger partial charge on any atom is 0.309 e. The zero-order valence-corrected chi connectivity index (χ0v) is 13.2. The molecule has 0 aromatic rings. The molecular formula is C16H31NO2. The van der Waals surface area contributed by atoms with Gasteiger partial charge in [0.15, 0.2) is 0 Å². The summed E-state index contributed by atoms with van der Waals surface area (Å²) in [6.45, 7) is 12.0.